The van der Waals surface area contributed by atoms with E-state index in [0.717, 1.165) is 10.8 Å². The third-order valence-electron chi connectivity index (χ3n) is 4.32. The number of hydrogen-bond donors (Lipinski definition) is 4. The highest BCUT2D eigenvalue weighted by Gasteiger charge is 2.08. The highest BCUT2D eigenvalue weighted by molar-refractivity contribution is 6.07. The summed E-state index contributed by atoms with van der Waals surface area (Å²) in [7, 11) is 0. The van der Waals surface area contributed by atoms with Crippen molar-refractivity contribution >= 4 is 44.9 Å². The first-order valence-corrected chi connectivity index (χ1v) is 8.40. The fourth-order valence-corrected chi connectivity index (χ4v) is 3.01. The van der Waals surface area contributed by atoms with Crippen LogP contribution in [-0.4, -0.2) is 22.2 Å². The van der Waals surface area contributed by atoms with Crippen LogP contribution in [0.2, 0.25) is 0 Å². The van der Waals surface area contributed by atoms with Gasteiger partial charge in [-0.1, -0.05) is 42.5 Å². The minimum Gasteiger partial charge on any atom is -0.478 e. The van der Waals surface area contributed by atoms with Crippen LogP contribution in [-0.2, 0) is 0 Å². The first kappa shape index (κ1) is 18.7. The van der Waals surface area contributed by atoms with E-state index in [1.165, 1.54) is 0 Å². The molecule has 0 aromatic heterocycles. The normalized spacial score (nSPS) is 10.3. The van der Waals surface area contributed by atoms with Gasteiger partial charge in [0.05, 0.1) is 11.1 Å². The Morgan fingerprint density at radius 1 is 0.643 bits per heavy atom. The zero-order valence-electron chi connectivity index (χ0n) is 14.8. The van der Waals surface area contributed by atoms with Gasteiger partial charge in [-0.25, -0.2) is 9.59 Å². The lowest BCUT2D eigenvalue weighted by atomic mass is 10.0. The molecule has 0 aliphatic heterocycles. The summed E-state index contributed by atoms with van der Waals surface area (Å²) in [6.45, 7) is 0. The number of aromatic carboxylic acids is 2. The maximum Gasteiger partial charge on any atom is 0.336 e. The van der Waals surface area contributed by atoms with Crippen molar-refractivity contribution in [1.82, 2.24) is 0 Å². The average molecular weight is 374 g/mol. The first-order valence-electron chi connectivity index (χ1n) is 8.40. The lowest BCUT2D eigenvalue weighted by Crippen LogP contribution is -1.98. The molecular weight excluding hydrogens is 356 g/mol. The molecule has 0 spiro atoms. The Kier molecular flexibility index (Phi) is 5.13. The van der Waals surface area contributed by atoms with Gasteiger partial charge in [-0.2, -0.15) is 0 Å². The summed E-state index contributed by atoms with van der Waals surface area (Å²) in [6, 6.07) is 20.7. The highest BCUT2D eigenvalue weighted by Crippen LogP contribution is 2.24. The van der Waals surface area contributed by atoms with Gasteiger partial charge in [0.25, 0.3) is 0 Å². The topological polar surface area (TPSA) is 127 Å². The molecule has 0 saturated heterocycles. The summed E-state index contributed by atoms with van der Waals surface area (Å²) < 4.78 is 0. The Balaban J connectivity index is 0.000000161. The van der Waals surface area contributed by atoms with Crippen molar-refractivity contribution in [3.05, 3.63) is 83.9 Å². The summed E-state index contributed by atoms with van der Waals surface area (Å²) in [5, 5.41) is 20.9. The van der Waals surface area contributed by atoms with E-state index >= 15 is 0 Å². The van der Waals surface area contributed by atoms with Crippen LogP contribution in [0.5, 0.6) is 0 Å². The summed E-state index contributed by atoms with van der Waals surface area (Å²) >= 11 is 0. The second-order valence-corrected chi connectivity index (χ2v) is 6.14. The fraction of sp³-hybridized carbons (Fsp3) is 0. The van der Waals surface area contributed by atoms with E-state index in [1.54, 1.807) is 60.7 Å². The maximum absolute atomic E-state index is 10.9. The molecule has 0 radical (unpaired) electrons. The second-order valence-electron chi connectivity index (χ2n) is 6.14. The van der Waals surface area contributed by atoms with Crippen molar-refractivity contribution in [2.45, 2.75) is 0 Å². The van der Waals surface area contributed by atoms with Crippen LogP contribution in [0.25, 0.3) is 21.5 Å². The first-order chi connectivity index (χ1) is 13.4. The van der Waals surface area contributed by atoms with Gasteiger partial charge >= 0.3 is 11.9 Å². The van der Waals surface area contributed by atoms with Crippen LogP contribution in [0, 0.1) is 0 Å². The molecule has 0 bridgehead atoms. The molecule has 0 fully saturated rings. The zero-order chi connectivity index (χ0) is 20.3. The molecule has 4 rings (SSSR count). The lowest BCUT2D eigenvalue weighted by molar-refractivity contribution is 0.0688. The number of hydrogen-bond acceptors (Lipinski definition) is 4. The SMILES string of the molecule is Nc1ccc2c(C(=O)O)cccc2c1.Nc1cccc2c(C(=O)O)cccc12. The number of benzene rings is 4. The predicted molar refractivity (Wildman–Crippen MR) is 111 cm³/mol. The van der Waals surface area contributed by atoms with Crippen molar-refractivity contribution in [1.29, 1.82) is 0 Å². The van der Waals surface area contributed by atoms with Crippen LogP contribution in [0.15, 0.2) is 72.8 Å². The molecule has 0 aliphatic carbocycles. The van der Waals surface area contributed by atoms with Gasteiger partial charge in [0.15, 0.2) is 0 Å². The van der Waals surface area contributed by atoms with Gasteiger partial charge in [0.1, 0.15) is 0 Å². The van der Waals surface area contributed by atoms with E-state index in [0.29, 0.717) is 27.7 Å². The third-order valence-corrected chi connectivity index (χ3v) is 4.32. The number of nitrogen functional groups attached to an aromatic ring is 2. The molecule has 28 heavy (non-hydrogen) atoms. The number of carboxylic acids is 2. The van der Waals surface area contributed by atoms with Crippen molar-refractivity contribution in [3.8, 4) is 0 Å². The number of carbonyl (C=O) groups is 2. The van der Waals surface area contributed by atoms with Crippen molar-refractivity contribution < 1.29 is 19.8 Å². The third kappa shape index (κ3) is 3.71. The Hall–Kier alpha value is -4.06. The smallest absolute Gasteiger partial charge is 0.336 e. The zero-order valence-corrected chi connectivity index (χ0v) is 14.8. The molecule has 6 N–H and O–H groups in total. The molecule has 0 saturated carbocycles. The van der Waals surface area contributed by atoms with E-state index < -0.39 is 11.9 Å². The Labute approximate surface area is 160 Å². The summed E-state index contributed by atoms with van der Waals surface area (Å²) in [4.78, 5) is 21.8. The van der Waals surface area contributed by atoms with Gasteiger partial charge in [-0.15, -0.1) is 0 Å². The summed E-state index contributed by atoms with van der Waals surface area (Å²) in [6.07, 6.45) is 0. The molecule has 6 heteroatoms. The molecule has 4 aromatic carbocycles. The Bertz CT molecular complexity index is 1200. The standard InChI is InChI=1S/2C11H9NO2/c12-10-6-2-3-7-8(10)4-1-5-9(7)11(13)14;12-8-4-5-9-7(6-8)2-1-3-10(9)11(13)14/h2*1-6H,12H2,(H,13,14). The van der Waals surface area contributed by atoms with Gasteiger partial charge in [0.2, 0.25) is 0 Å². The minimum atomic E-state index is -0.929. The highest BCUT2D eigenvalue weighted by atomic mass is 16.4. The second kappa shape index (κ2) is 7.67. The van der Waals surface area contributed by atoms with Crippen LogP contribution >= 0.6 is 0 Å². The molecule has 0 heterocycles. The predicted octanol–water partition coefficient (Wildman–Crippen LogP) is 4.24. The van der Waals surface area contributed by atoms with Crippen LogP contribution in [0.3, 0.4) is 0 Å². The van der Waals surface area contributed by atoms with E-state index in [2.05, 4.69) is 0 Å². The quantitative estimate of drug-likeness (QED) is 0.389. The molecular formula is C22H18N2O4. The van der Waals surface area contributed by atoms with E-state index in [-0.39, 0.29) is 5.56 Å². The van der Waals surface area contributed by atoms with Crippen LogP contribution in [0.4, 0.5) is 11.4 Å². The molecule has 4 aromatic rings. The van der Waals surface area contributed by atoms with Crippen molar-refractivity contribution in [2.24, 2.45) is 0 Å². The maximum atomic E-state index is 10.9. The van der Waals surface area contributed by atoms with Gasteiger partial charge < -0.3 is 21.7 Å². The lowest BCUT2D eigenvalue weighted by Gasteiger charge is -2.04. The number of anilines is 2. The molecule has 140 valence electrons. The van der Waals surface area contributed by atoms with Crippen LogP contribution < -0.4 is 11.5 Å². The fourth-order valence-electron chi connectivity index (χ4n) is 3.01. The number of rotatable bonds is 2. The Morgan fingerprint density at radius 3 is 1.89 bits per heavy atom. The molecule has 0 amide bonds. The molecule has 0 atom stereocenters. The van der Waals surface area contributed by atoms with Crippen molar-refractivity contribution in [3.63, 3.8) is 0 Å². The van der Waals surface area contributed by atoms with Crippen LogP contribution in [0.1, 0.15) is 20.7 Å². The van der Waals surface area contributed by atoms with E-state index in [9.17, 15) is 9.59 Å². The van der Waals surface area contributed by atoms with E-state index in [4.69, 9.17) is 21.7 Å². The van der Waals surface area contributed by atoms with E-state index in [1.807, 2.05) is 12.1 Å². The van der Waals surface area contributed by atoms with Gasteiger partial charge in [-0.05, 0) is 46.5 Å². The van der Waals surface area contributed by atoms with Gasteiger partial charge in [-0.3, -0.25) is 0 Å². The molecule has 6 nitrogen and oxygen atoms in total. The summed E-state index contributed by atoms with van der Waals surface area (Å²) in [5.74, 6) is -1.85. The molecule has 0 aliphatic rings. The number of carboxylic acid groups (broad SMARTS) is 2. The molecule has 0 unspecified atom stereocenters. The summed E-state index contributed by atoms with van der Waals surface area (Å²) in [5.41, 5.74) is 13.2. The minimum absolute atomic E-state index is 0.287. The van der Waals surface area contributed by atoms with Crippen molar-refractivity contribution in [2.75, 3.05) is 11.5 Å². The Morgan fingerprint density at radius 2 is 1.21 bits per heavy atom. The largest absolute Gasteiger partial charge is 0.478 e. The number of fused-ring (bicyclic) bond motifs is 2. The van der Waals surface area contributed by atoms with Gasteiger partial charge in [0, 0.05) is 16.8 Å². The number of nitrogens with two attached hydrogens (primary N) is 2. The average Bonchev–Trinajstić information content (AvgIpc) is 2.67. The monoisotopic (exact) mass is 374 g/mol.